The molecule has 0 aliphatic carbocycles. The van der Waals surface area contributed by atoms with Gasteiger partial charge in [0.2, 0.25) is 0 Å². The molecule has 0 saturated heterocycles. The van der Waals surface area contributed by atoms with Gasteiger partial charge in [0.1, 0.15) is 0 Å². The molecule has 0 spiro atoms. The summed E-state index contributed by atoms with van der Waals surface area (Å²) in [5, 5.41) is 13.0. The van der Waals surface area contributed by atoms with Crippen LogP contribution in [0.2, 0.25) is 0 Å². The first-order valence-corrected chi connectivity index (χ1v) is 5.91. The Hall–Kier alpha value is -2.09. The summed E-state index contributed by atoms with van der Waals surface area (Å²) in [5.41, 5.74) is -0.199. The molecule has 1 aromatic heterocycles. The average Bonchev–Trinajstić information content (AvgIpc) is 2.84. The Balaban J connectivity index is 2.10. The molecule has 0 unspecified atom stereocenters. The molecule has 4 nitrogen and oxygen atoms in total. The van der Waals surface area contributed by atoms with Crippen LogP contribution in [-0.4, -0.2) is 4.92 Å². The van der Waals surface area contributed by atoms with Crippen LogP contribution < -0.4 is 5.32 Å². The van der Waals surface area contributed by atoms with Crippen molar-refractivity contribution in [3.8, 4) is 0 Å². The van der Waals surface area contributed by atoms with Crippen molar-refractivity contribution in [2.75, 3.05) is 5.32 Å². The van der Waals surface area contributed by atoms with E-state index in [0.717, 1.165) is 23.5 Å². The summed E-state index contributed by atoms with van der Waals surface area (Å²) in [6.07, 6.45) is 0. The third kappa shape index (κ3) is 2.84. The average molecular weight is 288 g/mol. The minimum atomic E-state index is -1.55. The highest BCUT2D eigenvalue weighted by molar-refractivity contribution is 7.15. The van der Waals surface area contributed by atoms with Crippen molar-refractivity contribution in [2.24, 2.45) is 0 Å². The standard InChI is InChI=1S/C11H7F3N2O2S/c12-7-2-3-8(11(14)10(7)13)15-5-6-1-4-9(19-6)16(17)18/h1-4,15H,5H2. The van der Waals surface area contributed by atoms with Gasteiger partial charge in [0.25, 0.3) is 0 Å². The van der Waals surface area contributed by atoms with Crippen molar-refractivity contribution in [1.82, 2.24) is 0 Å². The predicted molar refractivity (Wildman–Crippen MR) is 64.6 cm³/mol. The van der Waals surface area contributed by atoms with Gasteiger partial charge in [-0.2, -0.15) is 0 Å². The van der Waals surface area contributed by atoms with E-state index < -0.39 is 22.4 Å². The summed E-state index contributed by atoms with van der Waals surface area (Å²) in [6, 6.07) is 4.70. The number of anilines is 1. The molecule has 0 aliphatic heterocycles. The van der Waals surface area contributed by atoms with Crippen molar-refractivity contribution >= 4 is 22.0 Å². The molecule has 2 rings (SSSR count). The lowest BCUT2D eigenvalue weighted by Gasteiger charge is -2.06. The largest absolute Gasteiger partial charge is 0.378 e. The van der Waals surface area contributed by atoms with Gasteiger partial charge < -0.3 is 5.32 Å². The van der Waals surface area contributed by atoms with Crippen LogP contribution >= 0.6 is 11.3 Å². The highest BCUT2D eigenvalue weighted by atomic mass is 32.1. The Labute approximate surface area is 109 Å². The zero-order valence-electron chi connectivity index (χ0n) is 9.32. The van der Waals surface area contributed by atoms with Gasteiger partial charge in [-0.3, -0.25) is 10.1 Å². The lowest BCUT2D eigenvalue weighted by molar-refractivity contribution is -0.380. The molecule has 100 valence electrons. The van der Waals surface area contributed by atoms with Gasteiger partial charge in [-0.1, -0.05) is 11.3 Å². The maximum absolute atomic E-state index is 13.3. The molecule has 0 fully saturated rings. The lowest BCUT2D eigenvalue weighted by atomic mass is 10.2. The number of hydrogen-bond donors (Lipinski definition) is 1. The van der Waals surface area contributed by atoms with E-state index in [1.807, 2.05) is 0 Å². The molecule has 1 aromatic carbocycles. The van der Waals surface area contributed by atoms with Crippen LogP contribution in [0, 0.1) is 27.6 Å². The maximum Gasteiger partial charge on any atom is 0.324 e. The van der Waals surface area contributed by atoms with Gasteiger partial charge >= 0.3 is 5.00 Å². The second-order valence-electron chi connectivity index (χ2n) is 3.57. The normalized spacial score (nSPS) is 10.5. The molecule has 1 heterocycles. The molecule has 8 heteroatoms. The van der Waals surface area contributed by atoms with E-state index in [0.29, 0.717) is 4.88 Å². The third-order valence-corrected chi connectivity index (χ3v) is 3.35. The number of nitrogens with zero attached hydrogens (tertiary/aromatic N) is 1. The third-order valence-electron chi connectivity index (χ3n) is 2.32. The Morgan fingerprint density at radius 1 is 1.16 bits per heavy atom. The number of thiophene rings is 1. The van der Waals surface area contributed by atoms with E-state index in [9.17, 15) is 23.3 Å². The Bertz CT molecular complexity index is 630. The SMILES string of the molecule is O=[N+]([O-])c1ccc(CNc2ccc(F)c(F)c2F)s1. The topological polar surface area (TPSA) is 55.2 Å². The Kier molecular flexibility index (Phi) is 3.70. The summed E-state index contributed by atoms with van der Waals surface area (Å²) in [4.78, 5) is 10.5. The lowest BCUT2D eigenvalue weighted by Crippen LogP contribution is -2.02. The van der Waals surface area contributed by atoms with E-state index in [1.165, 1.54) is 12.1 Å². The first-order valence-electron chi connectivity index (χ1n) is 5.09. The van der Waals surface area contributed by atoms with E-state index >= 15 is 0 Å². The first-order chi connectivity index (χ1) is 8.99. The zero-order chi connectivity index (χ0) is 14.0. The highest BCUT2D eigenvalue weighted by Gasteiger charge is 2.14. The van der Waals surface area contributed by atoms with Gasteiger partial charge in [-0.05, 0) is 18.2 Å². The quantitative estimate of drug-likeness (QED) is 0.530. The van der Waals surface area contributed by atoms with Gasteiger partial charge in [-0.25, -0.2) is 13.2 Å². The molecule has 0 saturated carbocycles. The van der Waals surface area contributed by atoms with Crippen molar-refractivity contribution in [3.05, 3.63) is 56.7 Å². The van der Waals surface area contributed by atoms with Crippen LogP contribution in [0.4, 0.5) is 23.9 Å². The second-order valence-corrected chi connectivity index (χ2v) is 4.72. The minimum Gasteiger partial charge on any atom is -0.378 e. The van der Waals surface area contributed by atoms with Crippen molar-refractivity contribution in [2.45, 2.75) is 6.54 Å². The van der Waals surface area contributed by atoms with Crippen LogP contribution in [-0.2, 0) is 6.54 Å². The van der Waals surface area contributed by atoms with Gasteiger partial charge in [0.05, 0.1) is 10.6 Å². The van der Waals surface area contributed by atoms with E-state index in [1.54, 1.807) is 0 Å². The number of benzene rings is 1. The number of halogens is 3. The molecular formula is C11H7F3N2O2S. The molecule has 0 radical (unpaired) electrons. The van der Waals surface area contributed by atoms with Crippen LogP contribution in [0.1, 0.15) is 4.88 Å². The van der Waals surface area contributed by atoms with Gasteiger partial charge in [0, 0.05) is 17.5 Å². The number of nitro groups is 1. The molecule has 0 atom stereocenters. The summed E-state index contributed by atoms with van der Waals surface area (Å²) in [5.74, 6) is -4.14. The Morgan fingerprint density at radius 2 is 1.89 bits per heavy atom. The second kappa shape index (κ2) is 5.27. The van der Waals surface area contributed by atoms with Crippen molar-refractivity contribution < 1.29 is 18.1 Å². The van der Waals surface area contributed by atoms with Crippen molar-refractivity contribution in [3.63, 3.8) is 0 Å². The molecule has 0 amide bonds. The predicted octanol–water partition coefficient (Wildman–Crippen LogP) is 3.69. The summed E-state index contributed by atoms with van der Waals surface area (Å²) in [6.45, 7) is 0.0838. The molecule has 0 bridgehead atoms. The van der Waals surface area contributed by atoms with Crippen LogP contribution in [0.15, 0.2) is 24.3 Å². The summed E-state index contributed by atoms with van der Waals surface area (Å²) < 4.78 is 39.0. The van der Waals surface area contributed by atoms with Crippen molar-refractivity contribution in [1.29, 1.82) is 0 Å². The number of nitrogens with one attached hydrogen (secondary N) is 1. The van der Waals surface area contributed by atoms with Crippen LogP contribution in [0.3, 0.4) is 0 Å². The fourth-order valence-corrected chi connectivity index (χ4v) is 2.16. The first kappa shape index (κ1) is 13.3. The fourth-order valence-electron chi connectivity index (χ4n) is 1.40. The summed E-state index contributed by atoms with van der Waals surface area (Å²) >= 11 is 0.922. The fraction of sp³-hybridized carbons (Fsp3) is 0.0909. The van der Waals surface area contributed by atoms with E-state index in [2.05, 4.69) is 5.32 Å². The van der Waals surface area contributed by atoms with Crippen LogP contribution in [0.25, 0.3) is 0 Å². The Morgan fingerprint density at radius 3 is 2.53 bits per heavy atom. The minimum absolute atomic E-state index is 0.0393. The zero-order valence-corrected chi connectivity index (χ0v) is 10.1. The van der Waals surface area contributed by atoms with Gasteiger partial charge in [-0.15, -0.1) is 0 Å². The molecule has 19 heavy (non-hydrogen) atoms. The maximum atomic E-state index is 13.3. The number of rotatable bonds is 4. The molecular weight excluding hydrogens is 281 g/mol. The van der Waals surface area contributed by atoms with E-state index in [-0.39, 0.29) is 17.2 Å². The van der Waals surface area contributed by atoms with Gasteiger partial charge in [0.15, 0.2) is 17.5 Å². The van der Waals surface area contributed by atoms with Crippen LogP contribution in [0.5, 0.6) is 0 Å². The monoisotopic (exact) mass is 288 g/mol. The smallest absolute Gasteiger partial charge is 0.324 e. The molecule has 2 aromatic rings. The van der Waals surface area contributed by atoms with E-state index in [4.69, 9.17) is 0 Å². The molecule has 1 N–H and O–H groups in total. The highest BCUT2D eigenvalue weighted by Crippen LogP contribution is 2.26. The molecule has 0 aliphatic rings. The number of hydrogen-bond acceptors (Lipinski definition) is 4. The summed E-state index contributed by atoms with van der Waals surface area (Å²) in [7, 11) is 0.